The van der Waals surface area contributed by atoms with E-state index in [4.69, 9.17) is 0 Å². The van der Waals surface area contributed by atoms with Crippen LogP contribution in [0.25, 0.3) is 0 Å². The molecule has 0 amide bonds. The molecule has 0 radical (unpaired) electrons. The predicted molar refractivity (Wildman–Crippen MR) is 36.3 cm³/mol. The molecule has 0 N–H and O–H groups in total. The van der Waals surface area contributed by atoms with Crippen LogP contribution in [0.2, 0.25) is 0 Å². The average molecular weight is 127 g/mol. The van der Waals surface area contributed by atoms with E-state index < -0.39 is 0 Å². The van der Waals surface area contributed by atoms with E-state index >= 15 is 0 Å². The molecule has 2 nitrogen and oxygen atoms in total. The molecule has 1 fully saturated rings. The Morgan fingerprint density at radius 3 is 2.56 bits per heavy atom. The van der Waals surface area contributed by atoms with E-state index in [2.05, 4.69) is 4.90 Å². The highest BCUT2D eigenvalue weighted by Gasteiger charge is 2.28. The van der Waals surface area contributed by atoms with Gasteiger partial charge in [-0.3, -0.25) is 9.69 Å². The van der Waals surface area contributed by atoms with Crippen LogP contribution in [0.3, 0.4) is 0 Å². The molecular weight excluding hydrogens is 114 g/mol. The molecule has 52 valence electrons. The molecular formula is C7H13NO. The number of likely N-dealkylation sites (N-methyl/N-ethyl adjacent to an activating group) is 1. The van der Waals surface area contributed by atoms with E-state index in [1.165, 1.54) is 0 Å². The van der Waals surface area contributed by atoms with E-state index in [9.17, 15) is 4.79 Å². The van der Waals surface area contributed by atoms with Gasteiger partial charge in [-0.15, -0.1) is 0 Å². The third-order valence-electron chi connectivity index (χ3n) is 2.01. The van der Waals surface area contributed by atoms with Crippen LogP contribution >= 0.6 is 0 Å². The maximum Gasteiger partial charge on any atom is 0.149 e. The summed E-state index contributed by atoms with van der Waals surface area (Å²) >= 11 is 0. The van der Waals surface area contributed by atoms with E-state index in [-0.39, 0.29) is 6.04 Å². The zero-order chi connectivity index (χ0) is 6.85. The molecule has 0 unspecified atom stereocenters. The van der Waals surface area contributed by atoms with Crippen LogP contribution in [0, 0.1) is 0 Å². The minimum absolute atomic E-state index is 0.259. The Kier molecular flexibility index (Phi) is 1.86. The third kappa shape index (κ3) is 1.13. The summed E-state index contributed by atoms with van der Waals surface area (Å²) in [6, 6.07) is 0.259. The number of Topliss-reactive ketones (excluding diaryl/α,β-unsaturated/α-hetero) is 1. The zero-order valence-corrected chi connectivity index (χ0v) is 6.05. The maximum absolute atomic E-state index is 11.0. The van der Waals surface area contributed by atoms with Gasteiger partial charge in [0.2, 0.25) is 0 Å². The fraction of sp³-hybridized carbons (Fsp3) is 0.857. The second kappa shape index (κ2) is 2.48. The Morgan fingerprint density at radius 1 is 1.78 bits per heavy atom. The van der Waals surface area contributed by atoms with Gasteiger partial charge in [0, 0.05) is 13.0 Å². The molecule has 1 aliphatic rings. The van der Waals surface area contributed by atoms with Crippen molar-refractivity contribution in [3.05, 3.63) is 0 Å². The smallest absolute Gasteiger partial charge is 0.149 e. The second-order valence-electron chi connectivity index (χ2n) is 2.60. The van der Waals surface area contributed by atoms with Gasteiger partial charge in [-0.2, -0.15) is 0 Å². The van der Waals surface area contributed by atoms with Gasteiger partial charge in [0.15, 0.2) is 0 Å². The van der Waals surface area contributed by atoms with Crippen molar-refractivity contribution in [1.82, 2.24) is 4.90 Å². The molecule has 0 saturated carbocycles. The largest absolute Gasteiger partial charge is 0.298 e. The fourth-order valence-electron chi connectivity index (χ4n) is 1.16. The number of carbonyl (C=O) groups is 1. The van der Waals surface area contributed by atoms with Gasteiger partial charge >= 0.3 is 0 Å². The number of ketones is 1. The van der Waals surface area contributed by atoms with Crippen molar-refractivity contribution in [2.45, 2.75) is 25.8 Å². The van der Waals surface area contributed by atoms with E-state index in [0.717, 1.165) is 13.0 Å². The highest BCUT2D eigenvalue weighted by molar-refractivity contribution is 5.84. The molecule has 0 bridgehead atoms. The van der Waals surface area contributed by atoms with Crippen molar-refractivity contribution in [2.24, 2.45) is 0 Å². The summed E-state index contributed by atoms with van der Waals surface area (Å²) in [5.74, 6) is 0.392. The third-order valence-corrected chi connectivity index (χ3v) is 2.01. The summed E-state index contributed by atoms with van der Waals surface area (Å²) in [4.78, 5) is 13.1. The van der Waals surface area contributed by atoms with Gasteiger partial charge < -0.3 is 0 Å². The van der Waals surface area contributed by atoms with Gasteiger partial charge in [-0.25, -0.2) is 0 Å². The molecule has 1 heterocycles. The van der Waals surface area contributed by atoms with Crippen LogP contribution in [-0.4, -0.2) is 30.3 Å². The fourth-order valence-corrected chi connectivity index (χ4v) is 1.16. The molecule has 1 saturated heterocycles. The molecule has 0 aromatic heterocycles. The number of nitrogens with zero attached hydrogens (tertiary/aromatic N) is 1. The average Bonchev–Trinajstić information content (AvgIpc) is 1.84. The van der Waals surface area contributed by atoms with Crippen LogP contribution in [0.5, 0.6) is 0 Å². The van der Waals surface area contributed by atoms with Crippen molar-refractivity contribution in [3.63, 3.8) is 0 Å². The Bertz CT molecular complexity index is 122. The van der Waals surface area contributed by atoms with Crippen molar-refractivity contribution in [1.29, 1.82) is 0 Å². The molecule has 1 rings (SSSR count). The summed E-state index contributed by atoms with van der Waals surface area (Å²) in [5, 5.41) is 0. The quantitative estimate of drug-likeness (QED) is 0.543. The minimum Gasteiger partial charge on any atom is -0.298 e. The topological polar surface area (TPSA) is 20.3 Å². The van der Waals surface area contributed by atoms with E-state index in [1.807, 2.05) is 14.0 Å². The minimum atomic E-state index is 0.259. The van der Waals surface area contributed by atoms with Crippen molar-refractivity contribution in [2.75, 3.05) is 13.6 Å². The van der Waals surface area contributed by atoms with Crippen molar-refractivity contribution in [3.8, 4) is 0 Å². The molecule has 0 aromatic rings. The lowest BCUT2D eigenvalue weighted by Crippen LogP contribution is -2.49. The Balaban J connectivity index is 2.35. The summed E-state index contributed by atoms with van der Waals surface area (Å²) in [7, 11) is 2.00. The van der Waals surface area contributed by atoms with Crippen LogP contribution < -0.4 is 0 Å². The van der Waals surface area contributed by atoms with Crippen LogP contribution in [-0.2, 0) is 4.79 Å². The van der Waals surface area contributed by atoms with Crippen molar-refractivity contribution < 1.29 is 4.79 Å². The molecule has 0 aliphatic carbocycles. The lowest BCUT2D eigenvalue weighted by molar-refractivity contribution is -0.127. The van der Waals surface area contributed by atoms with Gasteiger partial charge in [-0.1, -0.05) is 6.92 Å². The van der Waals surface area contributed by atoms with Gasteiger partial charge in [0.25, 0.3) is 0 Å². The zero-order valence-electron chi connectivity index (χ0n) is 6.05. The van der Waals surface area contributed by atoms with Gasteiger partial charge in [-0.05, 0) is 13.5 Å². The lowest BCUT2D eigenvalue weighted by atomic mass is 9.98. The summed E-state index contributed by atoms with van der Waals surface area (Å²) < 4.78 is 0. The highest BCUT2D eigenvalue weighted by Crippen LogP contribution is 2.15. The highest BCUT2D eigenvalue weighted by atomic mass is 16.1. The first kappa shape index (κ1) is 6.75. The van der Waals surface area contributed by atoms with Gasteiger partial charge in [0.05, 0.1) is 6.04 Å². The number of carbonyl (C=O) groups excluding carboxylic acids is 1. The number of rotatable bonds is 2. The van der Waals surface area contributed by atoms with Crippen LogP contribution in [0.15, 0.2) is 0 Å². The normalized spacial score (nSPS) is 27.6. The number of hydrogen-bond donors (Lipinski definition) is 0. The Hall–Kier alpha value is -0.370. The number of hydrogen-bond acceptors (Lipinski definition) is 2. The van der Waals surface area contributed by atoms with Gasteiger partial charge in [0.1, 0.15) is 5.78 Å². The Morgan fingerprint density at radius 2 is 2.44 bits per heavy atom. The number of likely N-dealkylation sites (tertiary alicyclic amines) is 1. The first-order valence-corrected chi connectivity index (χ1v) is 3.48. The van der Waals surface area contributed by atoms with Crippen LogP contribution in [0.4, 0.5) is 0 Å². The lowest BCUT2D eigenvalue weighted by Gasteiger charge is -2.36. The summed E-state index contributed by atoms with van der Waals surface area (Å²) in [6.45, 7) is 3.02. The predicted octanol–water partition coefficient (Wildman–Crippen LogP) is 0.670. The Labute approximate surface area is 55.8 Å². The molecule has 1 atom stereocenters. The summed E-state index contributed by atoms with van der Waals surface area (Å²) in [5.41, 5.74) is 0. The van der Waals surface area contributed by atoms with Crippen LogP contribution in [0.1, 0.15) is 19.8 Å². The molecule has 0 spiro atoms. The molecule has 0 aromatic carbocycles. The summed E-state index contributed by atoms with van der Waals surface area (Å²) in [6.07, 6.45) is 1.76. The molecule has 1 aliphatic heterocycles. The standard InChI is InChI=1S/C7H13NO/c1-3-7(9)6-4-5-8(6)2/h6H,3-5H2,1-2H3/t6-/m0/s1. The maximum atomic E-state index is 11.0. The van der Waals surface area contributed by atoms with E-state index in [1.54, 1.807) is 0 Å². The SMILES string of the molecule is CCC(=O)[C@@H]1CCN1C. The second-order valence-corrected chi connectivity index (χ2v) is 2.60. The molecule has 9 heavy (non-hydrogen) atoms. The van der Waals surface area contributed by atoms with Crippen molar-refractivity contribution >= 4 is 5.78 Å². The monoisotopic (exact) mass is 127 g/mol. The van der Waals surface area contributed by atoms with E-state index in [0.29, 0.717) is 12.2 Å². The molecule has 2 heteroatoms. The first-order valence-electron chi connectivity index (χ1n) is 3.48. The first-order chi connectivity index (χ1) is 4.25.